The molecule has 2 aromatic rings. The number of carbonyl (C=O) groups is 1. The first-order chi connectivity index (χ1) is 15.1. The van der Waals surface area contributed by atoms with Gasteiger partial charge in [0.05, 0.1) is 41.5 Å². The van der Waals surface area contributed by atoms with Crippen molar-refractivity contribution in [3.63, 3.8) is 0 Å². The first kappa shape index (κ1) is 22.7. The van der Waals surface area contributed by atoms with Gasteiger partial charge >= 0.3 is 0 Å². The Balaban J connectivity index is 1.50. The summed E-state index contributed by atoms with van der Waals surface area (Å²) in [7, 11) is 6.51. The minimum absolute atomic E-state index is 0.0712. The molecule has 2 N–H and O–H groups in total. The largest absolute Gasteiger partial charge is 0.497 e. The van der Waals surface area contributed by atoms with Crippen molar-refractivity contribution in [3.05, 3.63) is 47.5 Å². The summed E-state index contributed by atoms with van der Waals surface area (Å²) in [6, 6.07) is 11.8. The van der Waals surface area contributed by atoms with E-state index in [9.17, 15) is 4.79 Å². The van der Waals surface area contributed by atoms with Crippen LogP contribution in [0.2, 0.25) is 0 Å². The molecule has 0 aliphatic carbocycles. The molecule has 7 heteroatoms. The predicted octanol–water partition coefficient (Wildman–Crippen LogP) is 1.83. The van der Waals surface area contributed by atoms with Crippen molar-refractivity contribution in [3.8, 4) is 23.0 Å². The lowest BCUT2D eigenvalue weighted by Gasteiger charge is -2.29. The van der Waals surface area contributed by atoms with E-state index in [-0.39, 0.29) is 11.8 Å². The van der Waals surface area contributed by atoms with Crippen LogP contribution >= 0.6 is 0 Å². The lowest BCUT2D eigenvalue weighted by Crippen LogP contribution is -3.11. The van der Waals surface area contributed by atoms with E-state index in [1.54, 1.807) is 28.4 Å². The van der Waals surface area contributed by atoms with Crippen LogP contribution in [0.1, 0.15) is 24.0 Å². The molecule has 1 aliphatic rings. The highest BCUT2D eigenvalue weighted by Gasteiger charge is 2.28. The number of ether oxygens (including phenoxy) is 4. The maximum absolute atomic E-state index is 12.6. The van der Waals surface area contributed by atoms with Gasteiger partial charge in [-0.1, -0.05) is 12.1 Å². The predicted molar refractivity (Wildman–Crippen MR) is 118 cm³/mol. The van der Waals surface area contributed by atoms with E-state index in [0.29, 0.717) is 23.8 Å². The molecule has 0 unspecified atom stereocenters. The Bertz CT molecular complexity index is 836. The summed E-state index contributed by atoms with van der Waals surface area (Å²) >= 11 is 0. The molecular weight excluding hydrogens is 396 g/mol. The molecule has 0 atom stereocenters. The first-order valence-corrected chi connectivity index (χ1v) is 10.6. The number of piperidine rings is 1. The van der Waals surface area contributed by atoms with E-state index < -0.39 is 0 Å². The van der Waals surface area contributed by atoms with Gasteiger partial charge in [0.2, 0.25) is 11.7 Å². The molecule has 31 heavy (non-hydrogen) atoms. The van der Waals surface area contributed by atoms with E-state index >= 15 is 0 Å². The third kappa shape index (κ3) is 5.82. The topological polar surface area (TPSA) is 70.5 Å². The van der Waals surface area contributed by atoms with Gasteiger partial charge in [-0.25, -0.2) is 0 Å². The number of rotatable bonds is 9. The van der Waals surface area contributed by atoms with Crippen LogP contribution in [0.4, 0.5) is 0 Å². The molecule has 0 bridgehead atoms. The molecule has 2 aromatic carbocycles. The average molecular weight is 430 g/mol. The molecular formula is C24H33N2O5+. The van der Waals surface area contributed by atoms with Crippen molar-refractivity contribution >= 4 is 5.91 Å². The lowest BCUT2D eigenvalue weighted by atomic mass is 9.95. The molecule has 7 nitrogen and oxygen atoms in total. The van der Waals surface area contributed by atoms with Crippen molar-refractivity contribution in [2.24, 2.45) is 5.92 Å². The van der Waals surface area contributed by atoms with E-state index in [2.05, 4.69) is 5.32 Å². The molecule has 0 aromatic heterocycles. The number of carbonyl (C=O) groups excluding carboxylic acids is 1. The Morgan fingerprint density at radius 2 is 1.52 bits per heavy atom. The van der Waals surface area contributed by atoms with Gasteiger partial charge in [0.15, 0.2) is 11.5 Å². The molecule has 3 rings (SSSR count). The van der Waals surface area contributed by atoms with Crippen LogP contribution in [0.25, 0.3) is 0 Å². The lowest BCUT2D eigenvalue weighted by molar-refractivity contribution is -0.919. The fourth-order valence-electron chi connectivity index (χ4n) is 4.07. The van der Waals surface area contributed by atoms with Gasteiger partial charge < -0.3 is 29.2 Å². The molecule has 1 aliphatic heterocycles. The van der Waals surface area contributed by atoms with Crippen LogP contribution in [0.15, 0.2) is 36.4 Å². The highest BCUT2D eigenvalue weighted by molar-refractivity contribution is 5.78. The van der Waals surface area contributed by atoms with Gasteiger partial charge in [0.1, 0.15) is 12.3 Å². The van der Waals surface area contributed by atoms with Gasteiger partial charge in [-0.2, -0.15) is 0 Å². The molecule has 1 heterocycles. The summed E-state index contributed by atoms with van der Waals surface area (Å²) in [6.45, 7) is 3.31. The van der Waals surface area contributed by atoms with Crippen LogP contribution in [0, 0.1) is 5.92 Å². The van der Waals surface area contributed by atoms with Crippen molar-refractivity contribution in [1.82, 2.24) is 5.32 Å². The Labute approximate surface area is 184 Å². The summed E-state index contributed by atoms with van der Waals surface area (Å²) < 4.78 is 21.5. The fourth-order valence-corrected chi connectivity index (χ4v) is 4.07. The SMILES string of the molecule is COc1ccc(CNC(=O)C2CC[NH+](Cc3cc(OC)c(OC)c(OC)c3)CC2)cc1. The second-order valence-electron chi connectivity index (χ2n) is 7.80. The van der Waals surface area contributed by atoms with Gasteiger partial charge in [-0.15, -0.1) is 0 Å². The highest BCUT2D eigenvalue weighted by atomic mass is 16.5. The second-order valence-corrected chi connectivity index (χ2v) is 7.80. The minimum Gasteiger partial charge on any atom is -0.497 e. The Morgan fingerprint density at radius 3 is 2.03 bits per heavy atom. The number of hydrogen-bond donors (Lipinski definition) is 2. The zero-order chi connectivity index (χ0) is 22.2. The van der Waals surface area contributed by atoms with Crippen molar-refractivity contribution < 1.29 is 28.6 Å². The van der Waals surface area contributed by atoms with Crippen molar-refractivity contribution in [2.45, 2.75) is 25.9 Å². The van der Waals surface area contributed by atoms with Gasteiger partial charge in [0.25, 0.3) is 0 Å². The van der Waals surface area contributed by atoms with Gasteiger partial charge in [-0.05, 0) is 29.8 Å². The summed E-state index contributed by atoms with van der Waals surface area (Å²) in [5.41, 5.74) is 2.20. The van der Waals surface area contributed by atoms with E-state index in [4.69, 9.17) is 18.9 Å². The third-order valence-corrected chi connectivity index (χ3v) is 5.87. The summed E-state index contributed by atoms with van der Waals surface area (Å²) in [5, 5.41) is 3.08. The average Bonchev–Trinajstić information content (AvgIpc) is 2.82. The maximum atomic E-state index is 12.6. The maximum Gasteiger partial charge on any atom is 0.223 e. The number of quaternary nitrogens is 1. The number of amides is 1. The van der Waals surface area contributed by atoms with E-state index in [0.717, 1.165) is 49.4 Å². The monoisotopic (exact) mass is 429 g/mol. The molecule has 1 fully saturated rings. The van der Waals surface area contributed by atoms with Gasteiger partial charge in [-0.3, -0.25) is 4.79 Å². The molecule has 1 saturated heterocycles. The number of likely N-dealkylation sites (tertiary alicyclic amines) is 1. The molecule has 0 radical (unpaired) electrons. The molecule has 1 amide bonds. The number of nitrogens with one attached hydrogen (secondary N) is 2. The van der Waals surface area contributed by atoms with Crippen LogP contribution < -0.4 is 29.2 Å². The van der Waals surface area contributed by atoms with Crippen molar-refractivity contribution in [2.75, 3.05) is 41.5 Å². The number of hydrogen-bond acceptors (Lipinski definition) is 5. The quantitative estimate of drug-likeness (QED) is 0.637. The zero-order valence-electron chi connectivity index (χ0n) is 18.8. The third-order valence-electron chi connectivity index (χ3n) is 5.87. The van der Waals surface area contributed by atoms with E-state index in [1.807, 2.05) is 36.4 Å². The number of methoxy groups -OCH3 is 4. The first-order valence-electron chi connectivity index (χ1n) is 10.6. The molecule has 0 spiro atoms. The van der Waals surface area contributed by atoms with Crippen LogP contribution in [-0.2, 0) is 17.9 Å². The van der Waals surface area contributed by atoms with Crippen LogP contribution in [0.3, 0.4) is 0 Å². The smallest absolute Gasteiger partial charge is 0.223 e. The summed E-state index contributed by atoms with van der Waals surface area (Å²) in [4.78, 5) is 14.1. The van der Waals surface area contributed by atoms with Gasteiger partial charge in [0, 0.05) is 30.9 Å². The molecule has 0 saturated carbocycles. The second kappa shape index (κ2) is 10.9. The Morgan fingerprint density at radius 1 is 0.903 bits per heavy atom. The summed E-state index contributed by atoms with van der Waals surface area (Å²) in [6.07, 6.45) is 1.77. The van der Waals surface area contributed by atoms with Crippen molar-refractivity contribution in [1.29, 1.82) is 0 Å². The normalized spacial score (nSPS) is 18.2. The van der Waals surface area contributed by atoms with E-state index in [1.165, 1.54) is 4.90 Å². The zero-order valence-corrected chi connectivity index (χ0v) is 18.8. The highest BCUT2D eigenvalue weighted by Crippen LogP contribution is 2.38. The standard InChI is InChI=1S/C24H32N2O5/c1-28-20-7-5-17(6-8-20)15-25-24(27)19-9-11-26(12-10-19)16-18-13-21(29-2)23(31-4)22(14-18)30-3/h5-8,13-14,19H,9-12,15-16H2,1-4H3,(H,25,27)/p+1. The molecule has 168 valence electrons. The van der Waals surface area contributed by atoms with Crippen LogP contribution in [0.5, 0.6) is 23.0 Å². The minimum atomic E-state index is 0.0712. The Hall–Kier alpha value is -2.93. The number of benzene rings is 2. The summed E-state index contributed by atoms with van der Waals surface area (Å²) in [5.74, 6) is 2.98. The fraction of sp³-hybridized carbons (Fsp3) is 0.458. The van der Waals surface area contributed by atoms with Crippen LogP contribution in [-0.4, -0.2) is 47.4 Å². The Kier molecular flexibility index (Phi) is 8.00.